The van der Waals surface area contributed by atoms with Gasteiger partial charge in [-0.3, -0.25) is 18.6 Å². The zero-order chi connectivity index (χ0) is 63.5. The quantitative estimate of drug-likeness (QED) is 0.0205. The highest BCUT2D eigenvalue weighted by molar-refractivity contribution is 7.47. The number of nitrogens with zero attached hydrogens (tertiary/aromatic N) is 1. The van der Waals surface area contributed by atoms with Crippen molar-refractivity contribution in [3.63, 3.8) is 0 Å². The molecule has 1 amide bonds. The summed E-state index contributed by atoms with van der Waals surface area (Å²) in [5.41, 5.74) is 0. The zero-order valence-corrected chi connectivity index (χ0v) is 59.4. The molecular weight excluding hydrogens is 1100 g/mol. The summed E-state index contributed by atoms with van der Waals surface area (Å²) < 4.78 is 30.9. The monoisotopic (exact) mass is 1240 g/mol. The molecule has 0 bridgehead atoms. The summed E-state index contributed by atoms with van der Waals surface area (Å²) in [4.78, 5) is 38.0. The third-order valence-corrected chi connectivity index (χ3v) is 17.9. The molecule has 9 nitrogen and oxygen atoms in total. The number of allylic oxidation sites excluding steroid dienone is 9. The topological polar surface area (TPSA) is 111 Å². The van der Waals surface area contributed by atoms with Crippen LogP contribution in [0.3, 0.4) is 0 Å². The van der Waals surface area contributed by atoms with Gasteiger partial charge in [-0.2, -0.15) is 0 Å². The van der Waals surface area contributed by atoms with Crippen LogP contribution in [0, 0.1) is 0 Å². The van der Waals surface area contributed by atoms with Gasteiger partial charge in [-0.25, -0.2) is 4.57 Å². The molecule has 3 atom stereocenters. The molecule has 0 spiro atoms. The lowest BCUT2D eigenvalue weighted by atomic mass is 10.0. The fourth-order valence-corrected chi connectivity index (χ4v) is 11.9. The summed E-state index contributed by atoms with van der Waals surface area (Å²) in [5, 5.41) is 3.08. The van der Waals surface area contributed by atoms with E-state index >= 15 is 0 Å². The largest absolute Gasteiger partial charge is 0.472 e. The van der Waals surface area contributed by atoms with Crippen LogP contribution < -0.4 is 5.32 Å². The van der Waals surface area contributed by atoms with E-state index < -0.39 is 20.0 Å². The first-order valence-corrected chi connectivity index (χ1v) is 39.1. The Hall–Kier alpha value is -2.29. The molecule has 0 aliphatic rings. The molecule has 510 valence electrons. The van der Waals surface area contributed by atoms with Gasteiger partial charge in [-0.1, -0.05) is 319 Å². The van der Waals surface area contributed by atoms with Crippen molar-refractivity contribution in [1.82, 2.24) is 5.32 Å². The normalized spacial score (nSPS) is 13.8. The van der Waals surface area contributed by atoms with Crippen molar-refractivity contribution < 1.29 is 37.3 Å². The Labute approximate surface area is 541 Å². The molecule has 2 N–H and O–H groups in total. The number of esters is 1. The summed E-state index contributed by atoms with van der Waals surface area (Å²) in [5.74, 6) is -0.490. The summed E-state index contributed by atoms with van der Waals surface area (Å²) in [6.07, 6.45) is 86.7. The highest BCUT2D eigenvalue weighted by Crippen LogP contribution is 2.43. The maximum atomic E-state index is 13.6. The van der Waals surface area contributed by atoms with Gasteiger partial charge in [0.15, 0.2) is 0 Å². The fraction of sp³-hybridized carbons (Fsp3) is 0.844. The number of carbonyl (C=O) groups excluding carboxylic acids is 2. The van der Waals surface area contributed by atoms with Crippen molar-refractivity contribution in [2.24, 2.45) is 0 Å². The first-order valence-electron chi connectivity index (χ1n) is 37.6. The molecule has 0 saturated heterocycles. The number of likely N-dealkylation sites (N-methyl/N-ethyl adjacent to an activating group) is 1. The second kappa shape index (κ2) is 66.6. The van der Waals surface area contributed by atoms with E-state index in [4.69, 9.17) is 13.8 Å². The fourth-order valence-electron chi connectivity index (χ4n) is 11.1. The van der Waals surface area contributed by atoms with Crippen molar-refractivity contribution >= 4 is 19.7 Å². The Morgan fingerprint density at radius 3 is 1.06 bits per heavy atom. The van der Waals surface area contributed by atoms with Crippen molar-refractivity contribution in [3.05, 3.63) is 60.8 Å². The smallest absolute Gasteiger partial charge is 0.456 e. The molecule has 0 radical (unpaired) electrons. The van der Waals surface area contributed by atoms with Gasteiger partial charge in [0.2, 0.25) is 5.91 Å². The Balaban J connectivity index is 5.00. The van der Waals surface area contributed by atoms with Gasteiger partial charge in [-0.05, 0) is 96.0 Å². The SMILES string of the molecule is CCCCC/C=C\C/C=C\CCCCCCCCCCCCCCCCCCCC(=O)OC(/C=C\CCCCCCCCCCCCC)C(COP(=O)(O)OCC[N+](C)(C)C)NC(=O)CCCCCCCCCCCCC/C=C\C/C=C\CCCCC. The minimum Gasteiger partial charge on any atom is -0.456 e. The van der Waals surface area contributed by atoms with Gasteiger partial charge >= 0.3 is 13.8 Å². The number of unbranched alkanes of at least 4 members (excludes halogenated alkanes) is 45. The number of rotatable bonds is 69. The van der Waals surface area contributed by atoms with Crippen LogP contribution in [0.25, 0.3) is 0 Å². The Bertz CT molecular complexity index is 1670. The van der Waals surface area contributed by atoms with Crippen molar-refractivity contribution in [1.29, 1.82) is 0 Å². The molecule has 0 saturated carbocycles. The lowest BCUT2D eigenvalue weighted by Crippen LogP contribution is -2.47. The van der Waals surface area contributed by atoms with E-state index in [1.54, 1.807) is 0 Å². The van der Waals surface area contributed by atoms with Crippen molar-refractivity contribution in [3.8, 4) is 0 Å². The van der Waals surface area contributed by atoms with E-state index in [0.717, 1.165) is 70.6 Å². The first-order chi connectivity index (χ1) is 42.4. The number of phosphoric ester groups is 1. The molecule has 10 heteroatoms. The molecule has 0 heterocycles. The average molecular weight is 1240 g/mol. The lowest BCUT2D eigenvalue weighted by Gasteiger charge is -2.27. The van der Waals surface area contributed by atoms with Gasteiger partial charge < -0.3 is 19.4 Å². The highest BCUT2D eigenvalue weighted by atomic mass is 31.2. The number of hydrogen-bond acceptors (Lipinski definition) is 6. The Kier molecular flexibility index (Phi) is 64.9. The summed E-state index contributed by atoms with van der Waals surface area (Å²) >= 11 is 0. The predicted octanol–water partition coefficient (Wildman–Crippen LogP) is 24.1. The van der Waals surface area contributed by atoms with Crippen molar-refractivity contribution in [2.45, 2.75) is 380 Å². The second-order valence-corrected chi connectivity index (χ2v) is 28.3. The number of amides is 1. The number of nitrogens with one attached hydrogen (secondary N) is 1. The standard InChI is InChI=1S/C77H145N2O7P/c1-7-10-13-16-19-22-25-28-30-32-34-36-37-38-39-40-41-43-45-47-49-52-55-58-61-64-67-70-77(81)86-75(68-65-62-59-56-53-50-27-24-21-18-15-12-9-3)74(73-85-87(82,83)84-72-71-79(4,5)6)78-76(80)69-66-63-60-57-54-51-48-46-44-42-35-33-31-29-26-23-20-17-14-11-8-2/h19-20,22-23,28-31,65,68,74-75H,7-18,21,24-27,32-64,66-67,69-73H2,1-6H3,(H-,78,80,82,83)/p+1/b22-19-,23-20-,30-28-,31-29-,68-65-. The third-order valence-electron chi connectivity index (χ3n) is 16.9. The lowest BCUT2D eigenvalue weighted by molar-refractivity contribution is -0.870. The predicted molar refractivity (Wildman–Crippen MR) is 378 cm³/mol. The maximum absolute atomic E-state index is 13.6. The van der Waals surface area contributed by atoms with E-state index in [2.05, 4.69) is 80.8 Å². The molecule has 0 aliphatic heterocycles. The van der Waals surface area contributed by atoms with Crippen molar-refractivity contribution in [2.75, 3.05) is 40.9 Å². The number of hydrogen-bond donors (Lipinski definition) is 2. The van der Waals surface area contributed by atoms with E-state index in [-0.39, 0.29) is 25.1 Å². The molecule has 0 aliphatic carbocycles. The third kappa shape index (κ3) is 67.9. The first kappa shape index (κ1) is 84.7. The van der Waals surface area contributed by atoms with Crippen LogP contribution in [0.5, 0.6) is 0 Å². The van der Waals surface area contributed by atoms with Gasteiger partial charge in [0.05, 0.1) is 33.8 Å². The van der Waals surface area contributed by atoms with Crippen LogP contribution in [0.4, 0.5) is 0 Å². The number of quaternary nitrogens is 1. The minimum atomic E-state index is -4.46. The highest BCUT2D eigenvalue weighted by Gasteiger charge is 2.30. The second-order valence-electron chi connectivity index (χ2n) is 26.8. The van der Waals surface area contributed by atoms with Gasteiger partial charge in [0.25, 0.3) is 0 Å². The van der Waals surface area contributed by atoms with Crippen LogP contribution in [0.2, 0.25) is 0 Å². The van der Waals surface area contributed by atoms with E-state index in [9.17, 15) is 19.0 Å². The molecular formula is C77H146N2O7P+. The van der Waals surface area contributed by atoms with E-state index in [1.165, 1.54) is 263 Å². The number of carbonyl (C=O) groups is 2. The molecule has 3 unspecified atom stereocenters. The van der Waals surface area contributed by atoms with E-state index in [1.807, 2.05) is 27.2 Å². The van der Waals surface area contributed by atoms with Crippen LogP contribution in [-0.2, 0) is 27.9 Å². The van der Waals surface area contributed by atoms with Crippen LogP contribution in [0.1, 0.15) is 367 Å². The summed E-state index contributed by atoms with van der Waals surface area (Å²) in [6.45, 7) is 7.02. The molecule has 0 aromatic carbocycles. The van der Waals surface area contributed by atoms with Crippen LogP contribution in [-0.4, -0.2) is 74.3 Å². The van der Waals surface area contributed by atoms with Crippen LogP contribution in [0.15, 0.2) is 60.8 Å². The molecule has 0 rings (SSSR count). The maximum Gasteiger partial charge on any atom is 0.472 e. The van der Waals surface area contributed by atoms with Gasteiger partial charge in [-0.15, -0.1) is 0 Å². The summed E-state index contributed by atoms with van der Waals surface area (Å²) in [6, 6.07) is -0.850. The van der Waals surface area contributed by atoms with Crippen LogP contribution >= 0.6 is 7.82 Å². The number of ether oxygens (including phenoxy) is 1. The minimum absolute atomic E-state index is 0.0407. The van der Waals surface area contributed by atoms with Gasteiger partial charge in [0, 0.05) is 12.8 Å². The average Bonchev–Trinajstić information content (AvgIpc) is 3.70. The van der Waals surface area contributed by atoms with E-state index in [0.29, 0.717) is 23.9 Å². The molecule has 0 fully saturated rings. The number of phosphoric acid groups is 1. The molecule has 0 aromatic rings. The summed E-state index contributed by atoms with van der Waals surface area (Å²) in [7, 11) is 1.51. The molecule has 87 heavy (non-hydrogen) atoms. The Morgan fingerprint density at radius 1 is 0.402 bits per heavy atom. The zero-order valence-electron chi connectivity index (χ0n) is 58.5. The molecule has 0 aromatic heterocycles. The Morgan fingerprint density at radius 2 is 0.701 bits per heavy atom. The van der Waals surface area contributed by atoms with Gasteiger partial charge in [0.1, 0.15) is 19.3 Å².